The molecule has 2 aromatic carbocycles. The van der Waals surface area contributed by atoms with Gasteiger partial charge in [0.15, 0.2) is 0 Å². The predicted octanol–water partition coefficient (Wildman–Crippen LogP) is 4.85. The second kappa shape index (κ2) is 5.90. The van der Waals surface area contributed by atoms with E-state index in [9.17, 15) is 5.11 Å². The van der Waals surface area contributed by atoms with Gasteiger partial charge in [-0.1, -0.05) is 18.6 Å². The number of allylic oxidation sites excluding steroid dienone is 1. The van der Waals surface area contributed by atoms with Crippen molar-refractivity contribution in [3.8, 4) is 17.2 Å². The molecule has 2 atom stereocenters. The Bertz CT molecular complexity index is 789. The lowest BCUT2D eigenvalue weighted by Gasteiger charge is -2.30. The van der Waals surface area contributed by atoms with Crippen LogP contribution in [0.1, 0.15) is 41.9 Å². The molecule has 0 spiro atoms. The first-order chi connectivity index (χ1) is 11.7. The molecule has 24 heavy (non-hydrogen) atoms. The van der Waals surface area contributed by atoms with Crippen LogP contribution in [0.25, 0.3) is 11.6 Å². The Labute approximate surface area is 142 Å². The van der Waals surface area contributed by atoms with E-state index < -0.39 is 0 Å². The van der Waals surface area contributed by atoms with E-state index in [1.165, 1.54) is 29.5 Å². The first-order valence-corrected chi connectivity index (χ1v) is 8.48. The number of aromatic hydroxyl groups is 1. The van der Waals surface area contributed by atoms with Crippen LogP contribution >= 0.6 is 0 Å². The molecular formula is C21H22O3. The van der Waals surface area contributed by atoms with Crippen molar-refractivity contribution in [3.05, 3.63) is 53.1 Å². The molecule has 2 aromatic rings. The topological polar surface area (TPSA) is 38.7 Å². The van der Waals surface area contributed by atoms with E-state index in [-0.39, 0.29) is 0 Å². The number of rotatable bonds is 3. The van der Waals surface area contributed by atoms with Gasteiger partial charge in [0.1, 0.15) is 17.2 Å². The van der Waals surface area contributed by atoms with Crippen molar-refractivity contribution in [2.75, 3.05) is 14.2 Å². The molecule has 3 heteroatoms. The number of benzene rings is 2. The molecule has 0 aliphatic heterocycles. The standard InChI is InChI=1S/C21H22O3/c1-23-14-8-6-13(7-9-14)18-12-20-19(17-5-3-4-16(17)18)10-15(24-2)11-21(20)22/h6-12,16-17,22H,3-5H2,1-2H3. The van der Waals surface area contributed by atoms with Gasteiger partial charge in [0.05, 0.1) is 14.2 Å². The third-order valence-electron chi connectivity index (χ3n) is 5.44. The molecule has 0 aromatic heterocycles. The van der Waals surface area contributed by atoms with Crippen LogP contribution < -0.4 is 9.47 Å². The minimum atomic E-state index is 0.306. The molecule has 0 amide bonds. The van der Waals surface area contributed by atoms with Gasteiger partial charge in [0, 0.05) is 11.6 Å². The summed E-state index contributed by atoms with van der Waals surface area (Å²) in [5.74, 6) is 2.88. The van der Waals surface area contributed by atoms with Gasteiger partial charge in [-0.05, 0) is 65.7 Å². The van der Waals surface area contributed by atoms with Gasteiger partial charge < -0.3 is 14.6 Å². The molecule has 0 saturated heterocycles. The molecule has 124 valence electrons. The maximum atomic E-state index is 10.5. The first kappa shape index (κ1) is 15.1. The van der Waals surface area contributed by atoms with Crippen molar-refractivity contribution in [2.24, 2.45) is 5.92 Å². The zero-order valence-electron chi connectivity index (χ0n) is 14.1. The Hall–Kier alpha value is -2.42. The Morgan fingerprint density at radius 3 is 2.33 bits per heavy atom. The van der Waals surface area contributed by atoms with E-state index in [4.69, 9.17) is 9.47 Å². The number of ether oxygens (including phenoxy) is 2. The van der Waals surface area contributed by atoms with Gasteiger partial charge >= 0.3 is 0 Å². The van der Waals surface area contributed by atoms with Crippen molar-refractivity contribution in [2.45, 2.75) is 25.2 Å². The Balaban J connectivity index is 1.85. The zero-order chi connectivity index (χ0) is 16.7. The van der Waals surface area contributed by atoms with Crippen LogP contribution in [-0.2, 0) is 0 Å². The van der Waals surface area contributed by atoms with Crippen LogP contribution in [0.3, 0.4) is 0 Å². The van der Waals surface area contributed by atoms with Crippen molar-refractivity contribution in [1.82, 2.24) is 0 Å². The molecule has 0 heterocycles. The highest BCUT2D eigenvalue weighted by Crippen LogP contribution is 2.53. The molecule has 2 aliphatic rings. The van der Waals surface area contributed by atoms with Crippen molar-refractivity contribution < 1.29 is 14.6 Å². The summed E-state index contributed by atoms with van der Waals surface area (Å²) in [5.41, 5.74) is 4.72. The summed E-state index contributed by atoms with van der Waals surface area (Å²) in [6.45, 7) is 0. The quantitative estimate of drug-likeness (QED) is 0.878. The van der Waals surface area contributed by atoms with Crippen molar-refractivity contribution >= 4 is 11.6 Å². The zero-order valence-corrected chi connectivity index (χ0v) is 14.1. The molecule has 0 radical (unpaired) electrons. The molecule has 2 aliphatic carbocycles. The number of fused-ring (bicyclic) bond motifs is 3. The van der Waals surface area contributed by atoms with Crippen LogP contribution in [0.4, 0.5) is 0 Å². The fourth-order valence-corrected chi connectivity index (χ4v) is 4.26. The summed E-state index contributed by atoms with van der Waals surface area (Å²) in [4.78, 5) is 0. The van der Waals surface area contributed by atoms with Crippen molar-refractivity contribution in [1.29, 1.82) is 0 Å². The average molecular weight is 322 g/mol. The van der Waals surface area contributed by atoms with Crippen LogP contribution in [-0.4, -0.2) is 19.3 Å². The molecule has 1 saturated carbocycles. The highest BCUT2D eigenvalue weighted by atomic mass is 16.5. The number of methoxy groups -OCH3 is 2. The first-order valence-electron chi connectivity index (χ1n) is 8.48. The van der Waals surface area contributed by atoms with Crippen LogP contribution in [0, 0.1) is 5.92 Å². The minimum Gasteiger partial charge on any atom is -0.507 e. The van der Waals surface area contributed by atoms with Gasteiger partial charge in [-0.25, -0.2) is 0 Å². The van der Waals surface area contributed by atoms with E-state index in [2.05, 4.69) is 24.3 Å². The third kappa shape index (κ3) is 2.35. The molecule has 1 N–H and O–H groups in total. The lowest BCUT2D eigenvalue weighted by Crippen LogP contribution is -2.14. The minimum absolute atomic E-state index is 0.306. The fourth-order valence-electron chi connectivity index (χ4n) is 4.26. The summed E-state index contributed by atoms with van der Waals surface area (Å²) in [6, 6.07) is 12.0. The average Bonchev–Trinajstić information content (AvgIpc) is 3.11. The normalized spacial score (nSPS) is 21.7. The predicted molar refractivity (Wildman–Crippen MR) is 95.6 cm³/mol. The van der Waals surface area contributed by atoms with E-state index >= 15 is 0 Å². The number of hydrogen-bond donors (Lipinski definition) is 1. The lowest BCUT2D eigenvalue weighted by atomic mass is 9.74. The van der Waals surface area contributed by atoms with E-state index in [0.717, 1.165) is 23.5 Å². The second-order valence-corrected chi connectivity index (χ2v) is 6.62. The molecule has 0 bridgehead atoms. The molecule has 1 fully saturated rings. The summed E-state index contributed by atoms with van der Waals surface area (Å²) in [6.07, 6.45) is 5.75. The number of hydrogen-bond acceptors (Lipinski definition) is 3. The third-order valence-corrected chi connectivity index (χ3v) is 5.44. The lowest BCUT2D eigenvalue weighted by molar-refractivity contribution is 0.405. The summed E-state index contributed by atoms with van der Waals surface area (Å²) in [5, 5.41) is 10.5. The van der Waals surface area contributed by atoms with E-state index in [1.807, 2.05) is 12.1 Å². The maximum Gasteiger partial charge on any atom is 0.126 e. The summed E-state index contributed by atoms with van der Waals surface area (Å²) < 4.78 is 10.6. The Kier molecular flexibility index (Phi) is 3.72. The SMILES string of the molecule is COc1ccc(C2=Cc3c(O)cc(OC)cc3C3CCCC23)cc1. The second-order valence-electron chi connectivity index (χ2n) is 6.62. The number of phenolic OH excluding ortho intramolecular Hbond substituents is 1. The van der Waals surface area contributed by atoms with Crippen LogP contribution in [0.15, 0.2) is 36.4 Å². The Morgan fingerprint density at radius 1 is 0.917 bits per heavy atom. The maximum absolute atomic E-state index is 10.5. The Morgan fingerprint density at radius 2 is 1.62 bits per heavy atom. The highest BCUT2D eigenvalue weighted by Gasteiger charge is 2.37. The smallest absolute Gasteiger partial charge is 0.126 e. The monoisotopic (exact) mass is 322 g/mol. The van der Waals surface area contributed by atoms with Gasteiger partial charge in [-0.3, -0.25) is 0 Å². The van der Waals surface area contributed by atoms with Gasteiger partial charge in [-0.15, -0.1) is 0 Å². The van der Waals surface area contributed by atoms with Crippen LogP contribution in [0.5, 0.6) is 17.2 Å². The molecule has 3 nitrogen and oxygen atoms in total. The largest absolute Gasteiger partial charge is 0.507 e. The van der Waals surface area contributed by atoms with Gasteiger partial charge in [0.2, 0.25) is 0 Å². The van der Waals surface area contributed by atoms with Crippen molar-refractivity contribution in [3.63, 3.8) is 0 Å². The fraction of sp³-hybridized carbons (Fsp3) is 0.333. The van der Waals surface area contributed by atoms with Crippen LogP contribution in [0.2, 0.25) is 0 Å². The molecular weight excluding hydrogens is 300 g/mol. The number of phenols is 1. The summed E-state index contributed by atoms with van der Waals surface area (Å²) >= 11 is 0. The summed E-state index contributed by atoms with van der Waals surface area (Å²) in [7, 11) is 3.33. The van der Waals surface area contributed by atoms with Gasteiger partial charge in [0.25, 0.3) is 0 Å². The molecule has 2 unspecified atom stereocenters. The van der Waals surface area contributed by atoms with E-state index in [0.29, 0.717) is 17.6 Å². The van der Waals surface area contributed by atoms with E-state index in [1.54, 1.807) is 20.3 Å². The van der Waals surface area contributed by atoms with Gasteiger partial charge in [-0.2, -0.15) is 0 Å². The molecule has 4 rings (SSSR count). The highest BCUT2D eigenvalue weighted by molar-refractivity contribution is 5.88.